The van der Waals surface area contributed by atoms with Crippen LogP contribution in [0, 0.1) is 0 Å². The minimum atomic E-state index is -0.119. The maximum atomic E-state index is 12.9. The highest BCUT2D eigenvalue weighted by atomic mass is 16.1. The van der Waals surface area contributed by atoms with E-state index in [1.54, 1.807) is 12.5 Å². The van der Waals surface area contributed by atoms with E-state index in [1.165, 1.54) is 6.92 Å². The van der Waals surface area contributed by atoms with E-state index in [4.69, 9.17) is 9.97 Å². The number of benzene rings is 3. The smallest absolute Gasteiger partial charge is 0.221 e. The molecule has 184 valence electrons. The molecule has 0 atom stereocenters. The molecule has 0 fully saturated rings. The molecule has 5 rings (SSSR count). The van der Waals surface area contributed by atoms with Gasteiger partial charge in [0.05, 0.1) is 28.7 Å². The number of ketones is 1. The van der Waals surface area contributed by atoms with Crippen LogP contribution >= 0.6 is 0 Å². The summed E-state index contributed by atoms with van der Waals surface area (Å²) in [6.45, 7) is 2.34. The van der Waals surface area contributed by atoms with Crippen LogP contribution in [0.3, 0.4) is 0 Å². The third-order valence-electron chi connectivity index (χ3n) is 6.14. The molecule has 0 bridgehead atoms. The molecule has 0 radical (unpaired) electrons. The lowest BCUT2D eigenvalue weighted by Gasteiger charge is -2.12. The Hall–Kier alpha value is -4.65. The number of nitrogens with one attached hydrogen (secondary N) is 1. The van der Waals surface area contributed by atoms with E-state index in [0.29, 0.717) is 17.5 Å². The first kappa shape index (κ1) is 24.1. The van der Waals surface area contributed by atoms with Crippen LogP contribution in [0.25, 0.3) is 33.5 Å². The lowest BCUT2D eigenvalue weighted by Crippen LogP contribution is -2.05. The van der Waals surface area contributed by atoms with Gasteiger partial charge in [-0.25, -0.2) is 15.0 Å². The fourth-order valence-electron chi connectivity index (χ4n) is 4.28. The number of nitrogens with zero attached hydrogens (tertiary/aromatic N) is 4. The van der Waals surface area contributed by atoms with Gasteiger partial charge in [-0.15, -0.1) is 0 Å². The first-order valence-electron chi connectivity index (χ1n) is 12.3. The zero-order chi connectivity index (χ0) is 25.6. The van der Waals surface area contributed by atoms with Crippen molar-refractivity contribution < 1.29 is 9.59 Å². The van der Waals surface area contributed by atoms with Gasteiger partial charge >= 0.3 is 0 Å². The van der Waals surface area contributed by atoms with E-state index >= 15 is 0 Å². The van der Waals surface area contributed by atoms with E-state index in [0.717, 1.165) is 53.1 Å². The summed E-state index contributed by atoms with van der Waals surface area (Å²) in [4.78, 5) is 38.3. The molecule has 0 aliphatic carbocycles. The SMILES string of the molecule is CC(=O)Nc1ccc(-c2nc3ccc(C(=O)CCCCn4ccnc4)cc3nc2-c2ccccc2)cc1. The number of aromatic nitrogens is 4. The fourth-order valence-corrected chi connectivity index (χ4v) is 4.28. The number of fused-ring (bicyclic) bond motifs is 1. The summed E-state index contributed by atoms with van der Waals surface area (Å²) in [5.41, 5.74) is 6.08. The van der Waals surface area contributed by atoms with E-state index < -0.39 is 0 Å². The highest BCUT2D eigenvalue weighted by Gasteiger charge is 2.15. The summed E-state index contributed by atoms with van der Waals surface area (Å²) >= 11 is 0. The van der Waals surface area contributed by atoms with Gasteiger partial charge in [0.25, 0.3) is 0 Å². The van der Waals surface area contributed by atoms with Gasteiger partial charge in [0.15, 0.2) is 5.78 Å². The van der Waals surface area contributed by atoms with Gasteiger partial charge in [0, 0.05) is 54.7 Å². The first-order valence-corrected chi connectivity index (χ1v) is 12.3. The number of Topliss-reactive ketones (excluding diaryl/α,β-unsaturated/α-hetero) is 1. The molecule has 0 unspecified atom stereocenters. The topological polar surface area (TPSA) is 89.8 Å². The monoisotopic (exact) mass is 489 g/mol. The summed E-state index contributed by atoms with van der Waals surface area (Å²) < 4.78 is 2.02. The minimum absolute atomic E-state index is 0.105. The van der Waals surface area contributed by atoms with Crippen LogP contribution in [-0.4, -0.2) is 31.2 Å². The number of carbonyl (C=O) groups is 2. The third kappa shape index (κ3) is 5.78. The van der Waals surface area contributed by atoms with Crippen molar-refractivity contribution in [1.82, 2.24) is 19.5 Å². The van der Waals surface area contributed by atoms with Crippen LogP contribution in [-0.2, 0) is 11.3 Å². The van der Waals surface area contributed by atoms with Crippen LogP contribution in [0.15, 0.2) is 91.5 Å². The van der Waals surface area contributed by atoms with E-state index in [1.807, 2.05) is 83.6 Å². The van der Waals surface area contributed by atoms with Crippen molar-refractivity contribution in [3.05, 3.63) is 97.1 Å². The van der Waals surface area contributed by atoms with Crippen LogP contribution in [0.5, 0.6) is 0 Å². The number of anilines is 1. The van der Waals surface area contributed by atoms with Crippen molar-refractivity contribution in [2.45, 2.75) is 32.7 Å². The average Bonchev–Trinajstić information content (AvgIpc) is 3.44. The van der Waals surface area contributed by atoms with Crippen LogP contribution in [0.1, 0.15) is 36.5 Å². The number of unbranched alkanes of at least 4 members (excludes halogenated alkanes) is 1. The van der Waals surface area contributed by atoms with E-state index in [2.05, 4.69) is 10.3 Å². The second kappa shape index (κ2) is 11.0. The Balaban J connectivity index is 1.43. The molecular formula is C30H27N5O2. The van der Waals surface area contributed by atoms with Crippen molar-refractivity contribution >= 4 is 28.4 Å². The summed E-state index contributed by atoms with van der Waals surface area (Å²) in [6.07, 6.45) is 7.69. The molecule has 0 spiro atoms. The zero-order valence-electron chi connectivity index (χ0n) is 20.6. The summed E-state index contributed by atoms with van der Waals surface area (Å²) in [7, 11) is 0. The summed E-state index contributed by atoms with van der Waals surface area (Å²) in [5, 5.41) is 2.79. The van der Waals surface area contributed by atoms with Crippen LogP contribution < -0.4 is 5.32 Å². The van der Waals surface area contributed by atoms with Crippen molar-refractivity contribution in [3.63, 3.8) is 0 Å². The molecule has 2 heterocycles. The van der Waals surface area contributed by atoms with Crippen molar-refractivity contribution in [1.29, 1.82) is 0 Å². The van der Waals surface area contributed by atoms with Gasteiger partial charge < -0.3 is 9.88 Å². The Morgan fingerprint density at radius 1 is 0.838 bits per heavy atom. The molecule has 5 aromatic rings. The Bertz CT molecular complexity index is 1530. The summed E-state index contributed by atoms with van der Waals surface area (Å²) in [6, 6.07) is 23.0. The highest BCUT2D eigenvalue weighted by molar-refractivity contribution is 5.99. The molecule has 0 aliphatic heterocycles. The lowest BCUT2D eigenvalue weighted by molar-refractivity contribution is -0.114. The number of hydrogen-bond donors (Lipinski definition) is 1. The van der Waals surface area contributed by atoms with Gasteiger partial charge in [-0.3, -0.25) is 9.59 Å². The molecule has 1 N–H and O–H groups in total. The normalized spacial score (nSPS) is 10.9. The maximum Gasteiger partial charge on any atom is 0.221 e. The van der Waals surface area contributed by atoms with Gasteiger partial charge in [0.2, 0.25) is 5.91 Å². The number of carbonyl (C=O) groups excluding carboxylic acids is 2. The van der Waals surface area contributed by atoms with Crippen molar-refractivity contribution in [3.8, 4) is 22.5 Å². The number of imidazole rings is 1. The van der Waals surface area contributed by atoms with Gasteiger partial charge in [-0.2, -0.15) is 0 Å². The number of amides is 1. The quantitative estimate of drug-likeness (QED) is 0.197. The predicted molar refractivity (Wildman–Crippen MR) is 145 cm³/mol. The zero-order valence-corrected chi connectivity index (χ0v) is 20.6. The second-order valence-electron chi connectivity index (χ2n) is 8.93. The Morgan fingerprint density at radius 3 is 2.27 bits per heavy atom. The van der Waals surface area contributed by atoms with Gasteiger partial charge in [0.1, 0.15) is 0 Å². The Labute approximate surface area is 215 Å². The Kier molecular flexibility index (Phi) is 7.12. The third-order valence-corrected chi connectivity index (χ3v) is 6.14. The average molecular weight is 490 g/mol. The lowest BCUT2D eigenvalue weighted by atomic mass is 10.0. The fraction of sp³-hybridized carbons (Fsp3) is 0.167. The molecule has 3 aromatic carbocycles. The largest absolute Gasteiger partial charge is 0.337 e. The number of hydrogen-bond acceptors (Lipinski definition) is 5. The van der Waals surface area contributed by atoms with Gasteiger partial charge in [-0.05, 0) is 43.2 Å². The van der Waals surface area contributed by atoms with Crippen LogP contribution in [0.2, 0.25) is 0 Å². The first-order chi connectivity index (χ1) is 18.1. The predicted octanol–water partition coefficient (Wildman–Crippen LogP) is 6.17. The molecule has 0 aliphatic rings. The van der Waals surface area contributed by atoms with Gasteiger partial charge in [-0.1, -0.05) is 42.5 Å². The molecule has 37 heavy (non-hydrogen) atoms. The number of rotatable bonds is 9. The highest BCUT2D eigenvalue weighted by Crippen LogP contribution is 2.32. The second-order valence-corrected chi connectivity index (χ2v) is 8.93. The molecule has 0 saturated carbocycles. The molecule has 0 saturated heterocycles. The molecule has 1 amide bonds. The molecule has 7 nitrogen and oxygen atoms in total. The molecule has 2 aromatic heterocycles. The van der Waals surface area contributed by atoms with E-state index in [9.17, 15) is 9.59 Å². The minimum Gasteiger partial charge on any atom is -0.337 e. The van der Waals surface area contributed by atoms with Crippen molar-refractivity contribution in [2.24, 2.45) is 0 Å². The maximum absolute atomic E-state index is 12.9. The molecular weight excluding hydrogens is 462 g/mol. The summed E-state index contributed by atoms with van der Waals surface area (Å²) in [5.74, 6) is -0.0139. The Morgan fingerprint density at radius 2 is 1.57 bits per heavy atom. The standard InChI is InChI=1S/C30H27N5O2/c1-21(36)32-25-13-10-23(11-14-25)30-29(22-7-3-2-4-8-22)34-27-19-24(12-15-26(27)33-30)28(37)9-5-6-17-35-18-16-31-20-35/h2-4,7-8,10-16,18-20H,5-6,9,17H2,1H3,(H,32,36). The van der Waals surface area contributed by atoms with Crippen LogP contribution in [0.4, 0.5) is 5.69 Å². The molecule has 7 heteroatoms. The van der Waals surface area contributed by atoms with E-state index in [-0.39, 0.29) is 11.7 Å². The van der Waals surface area contributed by atoms with Crippen molar-refractivity contribution in [2.75, 3.05) is 5.32 Å². The number of aryl methyl sites for hydroxylation is 1.